The minimum atomic E-state index is -4.86. The second-order valence-electron chi connectivity index (χ2n) is 6.03. The van der Waals surface area contributed by atoms with Crippen molar-refractivity contribution in [2.75, 3.05) is 5.32 Å². The van der Waals surface area contributed by atoms with Crippen molar-refractivity contribution in [3.05, 3.63) is 77.2 Å². The fourth-order valence-corrected chi connectivity index (χ4v) is 2.50. The largest absolute Gasteiger partial charge is 0.573 e. The van der Waals surface area contributed by atoms with Crippen LogP contribution in [-0.4, -0.2) is 33.1 Å². The summed E-state index contributed by atoms with van der Waals surface area (Å²) in [5.74, 6) is -2.93. The molecule has 2 aromatic carbocycles. The van der Waals surface area contributed by atoms with Crippen LogP contribution in [0, 0.1) is 5.82 Å². The van der Waals surface area contributed by atoms with Gasteiger partial charge in [-0.2, -0.15) is 5.10 Å². The first-order chi connectivity index (χ1) is 14.1. The summed E-state index contributed by atoms with van der Waals surface area (Å²) >= 11 is 0. The summed E-state index contributed by atoms with van der Waals surface area (Å²) < 4.78 is 54.7. The number of carbonyl (C=O) groups is 2. The number of anilines is 1. The van der Waals surface area contributed by atoms with Gasteiger partial charge in [-0.3, -0.25) is 4.79 Å². The third-order valence-electron chi connectivity index (χ3n) is 3.84. The topological polar surface area (TPSA) is 93.5 Å². The van der Waals surface area contributed by atoms with Crippen molar-refractivity contribution in [3.8, 4) is 5.75 Å². The summed E-state index contributed by atoms with van der Waals surface area (Å²) in [4.78, 5) is 23.7. The predicted molar refractivity (Wildman–Crippen MR) is 95.8 cm³/mol. The lowest BCUT2D eigenvalue weighted by Crippen LogP contribution is -2.18. The molecule has 0 spiro atoms. The third-order valence-corrected chi connectivity index (χ3v) is 3.84. The highest BCUT2D eigenvalue weighted by atomic mass is 19.4. The van der Waals surface area contributed by atoms with Crippen LogP contribution in [0.1, 0.15) is 26.4 Å². The molecule has 0 fully saturated rings. The fraction of sp³-hybridized carbons (Fsp3) is 0.105. The third kappa shape index (κ3) is 5.34. The van der Waals surface area contributed by atoms with E-state index in [2.05, 4.69) is 15.2 Å². The SMILES string of the molecule is O=C(Nc1cc(C(=O)O)nn1Cc1ccc(F)cc1)c1ccc(OC(F)(F)F)cc1. The zero-order chi connectivity index (χ0) is 21.9. The molecule has 0 saturated heterocycles. The van der Waals surface area contributed by atoms with Crippen molar-refractivity contribution in [1.82, 2.24) is 9.78 Å². The minimum Gasteiger partial charge on any atom is -0.476 e. The summed E-state index contributed by atoms with van der Waals surface area (Å²) in [5, 5.41) is 15.5. The second kappa shape index (κ2) is 8.23. The number of carboxylic acid groups (broad SMARTS) is 1. The number of hydrogen-bond acceptors (Lipinski definition) is 4. The molecule has 1 heterocycles. The van der Waals surface area contributed by atoms with Crippen LogP contribution in [0.3, 0.4) is 0 Å². The quantitative estimate of drug-likeness (QED) is 0.587. The molecule has 11 heteroatoms. The number of ether oxygens (including phenoxy) is 1. The van der Waals surface area contributed by atoms with Crippen molar-refractivity contribution in [2.24, 2.45) is 0 Å². The normalized spacial score (nSPS) is 11.2. The van der Waals surface area contributed by atoms with Gasteiger partial charge in [-0.25, -0.2) is 13.9 Å². The van der Waals surface area contributed by atoms with Gasteiger partial charge in [0.1, 0.15) is 17.4 Å². The van der Waals surface area contributed by atoms with Crippen molar-refractivity contribution in [2.45, 2.75) is 12.9 Å². The number of benzene rings is 2. The van der Waals surface area contributed by atoms with Crippen LogP contribution in [0.4, 0.5) is 23.4 Å². The minimum absolute atomic E-state index is 0.0101. The first kappa shape index (κ1) is 20.8. The van der Waals surface area contributed by atoms with E-state index < -0.39 is 29.8 Å². The number of alkyl halides is 3. The highest BCUT2D eigenvalue weighted by Crippen LogP contribution is 2.23. The summed E-state index contributed by atoms with van der Waals surface area (Å²) in [6.07, 6.45) is -4.86. The molecule has 3 rings (SSSR count). The van der Waals surface area contributed by atoms with E-state index in [4.69, 9.17) is 5.11 Å². The number of halogens is 4. The number of aromatic carboxylic acids is 1. The number of amides is 1. The first-order valence-corrected chi connectivity index (χ1v) is 8.33. The fourth-order valence-electron chi connectivity index (χ4n) is 2.50. The van der Waals surface area contributed by atoms with E-state index in [1.54, 1.807) is 0 Å². The molecular weight excluding hydrogens is 410 g/mol. The average Bonchev–Trinajstić information content (AvgIpc) is 3.05. The van der Waals surface area contributed by atoms with Gasteiger partial charge in [0.25, 0.3) is 5.91 Å². The van der Waals surface area contributed by atoms with E-state index in [0.29, 0.717) is 5.56 Å². The van der Waals surface area contributed by atoms with E-state index in [0.717, 1.165) is 30.3 Å². The van der Waals surface area contributed by atoms with E-state index >= 15 is 0 Å². The van der Waals surface area contributed by atoms with Crippen molar-refractivity contribution >= 4 is 17.7 Å². The van der Waals surface area contributed by atoms with Crippen LogP contribution in [0.25, 0.3) is 0 Å². The number of rotatable bonds is 6. The molecular formula is C19H13F4N3O4. The van der Waals surface area contributed by atoms with Gasteiger partial charge in [0.15, 0.2) is 5.69 Å². The molecule has 0 radical (unpaired) electrons. The maximum atomic E-state index is 13.1. The predicted octanol–water partition coefficient (Wildman–Crippen LogP) is 3.92. The van der Waals surface area contributed by atoms with Gasteiger partial charge in [0.05, 0.1) is 6.54 Å². The van der Waals surface area contributed by atoms with Crippen LogP contribution < -0.4 is 10.1 Å². The smallest absolute Gasteiger partial charge is 0.476 e. The van der Waals surface area contributed by atoms with Gasteiger partial charge < -0.3 is 15.2 Å². The summed E-state index contributed by atoms with van der Waals surface area (Å²) in [6, 6.07) is 10.7. The molecule has 0 bridgehead atoms. The Morgan fingerprint density at radius 1 is 1.07 bits per heavy atom. The Bertz CT molecular complexity index is 1060. The van der Waals surface area contributed by atoms with Crippen molar-refractivity contribution in [1.29, 1.82) is 0 Å². The Morgan fingerprint density at radius 3 is 2.27 bits per heavy atom. The molecule has 156 valence electrons. The number of hydrogen-bond donors (Lipinski definition) is 2. The molecule has 0 unspecified atom stereocenters. The molecule has 3 aromatic rings. The average molecular weight is 423 g/mol. The summed E-state index contributed by atoms with van der Waals surface area (Å²) in [6.45, 7) is 0.0432. The van der Waals surface area contributed by atoms with E-state index in [-0.39, 0.29) is 23.6 Å². The number of carbonyl (C=O) groups excluding carboxylic acids is 1. The molecule has 0 aliphatic heterocycles. The lowest BCUT2D eigenvalue weighted by molar-refractivity contribution is -0.274. The molecule has 1 aromatic heterocycles. The lowest BCUT2D eigenvalue weighted by Gasteiger charge is -2.11. The zero-order valence-corrected chi connectivity index (χ0v) is 15.0. The van der Waals surface area contributed by atoms with Gasteiger partial charge >= 0.3 is 12.3 Å². The van der Waals surface area contributed by atoms with E-state index in [1.165, 1.54) is 28.9 Å². The number of aromatic nitrogens is 2. The maximum absolute atomic E-state index is 13.1. The highest BCUT2D eigenvalue weighted by Gasteiger charge is 2.31. The Balaban J connectivity index is 1.80. The number of nitrogens with one attached hydrogen (secondary N) is 1. The Labute approximate surface area is 166 Å². The van der Waals surface area contributed by atoms with Gasteiger partial charge in [0.2, 0.25) is 0 Å². The monoisotopic (exact) mass is 423 g/mol. The lowest BCUT2D eigenvalue weighted by atomic mass is 10.2. The Hall–Kier alpha value is -3.89. The van der Waals surface area contributed by atoms with Crippen LogP contribution in [0.5, 0.6) is 5.75 Å². The van der Waals surface area contributed by atoms with Crippen molar-refractivity contribution < 1.29 is 37.0 Å². The zero-order valence-electron chi connectivity index (χ0n) is 15.0. The van der Waals surface area contributed by atoms with Gasteiger partial charge in [-0.05, 0) is 42.0 Å². The molecule has 1 amide bonds. The number of carboxylic acids is 1. The molecule has 0 atom stereocenters. The summed E-state index contributed by atoms with van der Waals surface area (Å²) in [5.41, 5.74) is 0.276. The van der Waals surface area contributed by atoms with E-state index in [9.17, 15) is 27.2 Å². The van der Waals surface area contributed by atoms with Crippen LogP contribution in [0.15, 0.2) is 54.6 Å². The first-order valence-electron chi connectivity index (χ1n) is 8.33. The van der Waals surface area contributed by atoms with Crippen molar-refractivity contribution in [3.63, 3.8) is 0 Å². The molecule has 7 nitrogen and oxygen atoms in total. The molecule has 0 aliphatic carbocycles. The Kier molecular flexibility index (Phi) is 5.72. The van der Waals surface area contributed by atoms with Crippen LogP contribution in [0.2, 0.25) is 0 Å². The van der Waals surface area contributed by atoms with Gasteiger partial charge in [0, 0.05) is 11.6 Å². The molecule has 2 N–H and O–H groups in total. The number of nitrogens with zero attached hydrogens (tertiary/aromatic N) is 2. The standard InChI is InChI=1S/C19H13F4N3O4/c20-13-5-1-11(2-6-13)10-26-16(9-15(25-26)18(28)29)24-17(27)12-3-7-14(8-4-12)30-19(21,22)23/h1-9H,10H2,(H,24,27)(H,28,29). The Morgan fingerprint density at radius 2 is 1.70 bits per heavy atom. The molecule has 0 saturated carbocycles. The van der Waals surface area contributed by atoms with Gasteiger partial charge in [-0.1, -0.05) is 12.1 Å². The highest BCUT2D eigenvalue weighted by molar-refractivity contribution is 6.04. The maximum Gasteiger partial charge on any atom is 0.573 e. The van der Waals surface area contributed by atoms with Crippen LogP contribution >= 0.6 is 0 Å². The van der Waals surface area contributed by atoms with Crippen LogP contribution in [-0.2, 0) is 6.54 Å². The van der Waals surface area contributed by atoms with E-state index in [1.807, 2.05) is 0 Å². The van der Waals surface area contributed by atoms with Gasteiger partial charge in [-0.15, -0.1) is 13.2 Å². The molecule has 30 heavy (non-hydrogen) atoms. The summed E-state index contributed by atoms with van der Waals surface area (Å²) in [7, 11) is 0. The molecule has 0 aliphatic rings. The second-order valence-corrected chi connectivity index (χ2v) is 6.03.